The lowest BCUT2D eigenvalue weighted by atomic mass is 9.73. The Labute approximate surface area is 244 Å². The van der Waals surface area contributed by atoms with E-state index < -0.39 is 11.7 Å². The van der Waals surface area contributed by atoms with Crippen molar-refractivity contribution in [2.24, 2.45) is 5.41 Å². The summed E-state index contributed by atoms with van der Waals surface area (Å²) in [4.78, 5) is 29.5. The highest BCUT2D eigenvalue weighted by Crippen LogP contribution is 2.44. The molecule has 11 nitrogen and oxygen atoms in total. The molecule has 4 rings (SSSR count). The molecule has 220 valence electrons. The molecule has 13 heteroatoms. The van der Waals surface area contributed by atoms with Gasteiger partial charge in [0, 0.05) is 36.7 Å². The molecule has 0 aromatic carbocycles. The van der Waals surface area contributed by atoms with Crippen molar-refractivity contribution in [3.8, 4) is 0 Å². The quantitative estimate of drug-likeness (QED) is 0.328. The summed E-state index contributed by atoms with van der Waals surface area (Å²) in [5, 5.41) is 4.20. The summed E-state index contributed by atoms with van der Waals surface area (Å²) in [7, 11) is 1.58. The van der Waals surface area contributed by atoms with Crippen molar-refractivity contribution in [1.82, 2.24) is 20.3 Å². The first-order valence-corrected chi connectivity index (χ1v) is 14.5. The first-order chi connectivity index (χ1) is 18.9. The van der Waals surface area contributed by atoms with Gasteiger partial charge >= 0.3 is 6.09 Å². The number of nitrogens with one attached hydrogen (secondary N) is 1. The normalized spacial score (nSPS) is 20.6. The highest BCUT2D eigenvalue weighted by atomic mass is 35.5. The molecule has 2 aromatic rings. The molecular weight excluding hydrogens is 556 g/mol. The lowest BCUT2D eigenvalue weighted by Gasteiger charge is -2.43. The van der Waals surface area contributed by atoms with Crippen LogP contribution in [0.25, 0.3) is 0 Å². The highest BCUT2D eigenvalue weighted by molar-refractivity contribution is 7.99. The Bertz CT molecular complexity index is 1200. The Hall–Kier alpha value is -2.38. The number of carbonyl (C=O) groups is 1. The van der Waals surface area contributed by atoms with Crippen LogP contribution in [0, 0.1) is 12.3 Å². The summed E-state index contributed by atoms with van der Waals surface area (Å²) < 4.78 is 22.4. The number of nitrogen functional groups attached to an aromatic ring is 1. The van der Waals surface area contributed by atoms with Crippen molar-refractivity contribution in [2.45, 2.75) is 81.7 Å². The molecule has 2 aromatic heterocycles. The predicted molar refractivity (Wildman–Crippen MR) is 154 cm³/mol. The average molecular weight is 595 g/mol. The van der Waals surface area contributed by atoms with E-state index in [9.17, 15) is 4.79 Å². The fourth-order valence-corrected chi connectivity index (χ4v) is 6.23. The van der Waals surface area contributed by atoms with Gasteiger partial charge in [0.15, 0.2) is 5.82 Å². The SMILES string of the molecule is COCOCc1nc(Sc2ccnc(N)c2Cl)c(C)nc1N1CCC2(CC1)CO[C@@H](C)[C@H]2NC(=O)OC(C)(C)C. The Morgan fingerprint density at radius 3 is 2.73 bits per heavy atom. The minimum absolute atomic E-state index is 0.107. The van der Waals surface area contributed by atoms with E-state index in [4.69, 9.17) is 46.3 Å². The van der Waals surface area contributed by atoms with Gasteiger partial charge < -0.3 is 34.9 Å². The molecule has 3 N–H and O–H groups in total. The van der Waals surface area contributed by atoms with Crippen LogP contribution in [0.2, 0.25) is 5.02 Å². The number of pyridine rings is 1. The summed E-state index contributed by atoms with van der Waals surface area (Å²) in [5.74, 6) is 1.04. The van der Waals surface area contributed by atoms with Crippen LogP contribution >= 0.6 is 23.4 Å². The van der Waals surface area contributed by atoms with Crippen molar-refractivity contribution in [3.63, 3.8) is 0 Å². The lowest BCUT2D eigenvalue weighted by Crippen LogP contribution is -2.55. The number of amides is 1. The van der Waals surface area contributed by atoms with Crippen LogP contribution in [0.3, 0.4) is 0 Å². The number of hydrogen-bond acceptors (Lipinski definition) is 11. The van der Waals surface area contributed by atoms with E-state index in [0.29, 0.717) is 22.3 Å². The first kappa shape index (κ1) is 30.6. The molecule has 2 aliphatic heterocycles. The van der Waals surface area contributed by atoms with Gasteiger partial charge in [0.25, 0.3) is 0 Å². The van der Waals surface area contributed by atoms with E-state index in [2.05, 4.69) is 15.2 Å². The topological polar surface area (TPSA) is 134 Å². The molecule has 4 heterocycles. The predicted octanol–water partition coefficient (Wildman–Crippen LogP) is 4.59. The molecule has 1 spiro atoms. The molecule has 2 atom stereocenters. The maximum Gasteiger partial charge on any atom is 0.407 e. The monoisotopic (exact) mass is 594 g/mol. The van der Waals surface area contributed by atoms with Crippen molar-refractivity contribution in [3.05, 3.63) is 28.7 Å². The number of nitrogens with zero attached hydrogens (tertiary/aromatic N) is 4. The number of methoxy groups -OCH3 is 1. The standard InChI is InChI=1S/C27H39ClN6O5S/c1-16-24(40-19-7-10-30-22(29)20(19)28)32-18(13-37-15-36-6)23(31-16)34-11-8-27(9-12-34)14-38-17(2)21(27)33-25(35)39-26(3,4)5/h7,10,17,21H,8-9,11-15H2,1-6H3,(H2,29,30)(H,33,35)/t17-,21+/m0/s1. The summed E-state index contributed by atoms with van der Waals surface area (Å²) in [5.41, 5.74) is 6.62. The van der Waals surface area contributed by atoms with Crippen LogP contribution in [0.4, 0.5) is 16.4 Å². The van der Waals surface area contributed by atoms with Crippen molar-refractivity contribution in [2.75, 3.05) is 44.2 Å². The molecule has 40 heavy (non-hydrogen) atoms. The van der Waals surface area contributed by atoms with Gasteiger partial charge in [-0.25, -0.2) is 19.7 Å². The van der Waals surface area contributed by atoms with E-state index in [1.165, 1.54) is 11.8 Å². The Morgan fingerprint density at radius 2 is 2.05 bits per heavy atom. The van der Waals surface area contributed by atoms with E-state index in [0.717, 1.165) is 42.3 Å². The number of anilines is 2. The zero-order chi connectivity index (χ0) is 29.1. The maximum atomic E-state index is 12.6. The molecule has 0 bridgehead atoms. The van der Waals surface area contributed by atoms with Gasteiger partial charge in [-0.3, -0.25) is 0 Å². The first-order valence-electron chi connectivity index (χ1n) is 13.3. The van der Waals surface area contributed by atoms with Gasteiger partial charge in [0.1, 0.15) is 28.9 Å². The lowest BCUT2D eigenvalue weighted by molar-refractivity contribution is -0.0402. The summed E-state index contributed by atoms with van der Waals surface area (Å²) >= 11 is 7.77. The molecule has 1 amide bonds. The van der Waals surface area contributed by atoms with Crippen LogP contribution in [0.5, 0.6) is 0 Å². The molecule has 0 saturated carbocycles. The highest BCUT2D eigenvalue weighted by Gasteiger charge is 2.50. The van der Waals surface area contributed by atoms with Gasteiger partial charge in [-0.15, -0.1) is 0 Å². The van der Waals surface area contributed by atoms with Crippen molar-refractivity contribution >= 4 is 41.1 Å². The number of rotatable bonds is 8. The van der Waals surface area contributed by atoms with E-state index >= 15 is 0 Å². The van der Waals surface area contributed by atoms with Gasteiger partial charge in [-0.05, 0) is 53.5 Å². The zero-order valence-electron chi connectivity index (χ0n) is 24.0. The van der Waals surface area contributed by atoms with Crippen LogP contribution in [-0.2, 0) is 25.6 Å². The summed E-state index contributed by atoms with van der Waals surface area (Å²) in [6.07, 6.45) is 2.73. The number of ether oxygens (including phenoxy) is 4. The average Bonchev–Trinajstić information content (AvgIpc) is 3.17. The van der Waals surface area contributed by atoms with Crippen LogP contribution in [0.15, 0.2) is 22.2 Å². The van der Waals surface area contributed by atoms with Gasteiger partial charge in [-0.1, -0.05) is 23.4 Å². The fraction of sp³-hybridized carbons (Fsp3) is 0.630. The third-order valence-electron chi connectivity index (χ3n) is 7.10. The van der Waals surface area contributed by atoms with E-state index in [1.54, 1.807) is 19.4 Å². The number of piperidine rings is 1. The molecule has 2 fully saturated rings. The van der Waals surface area contributed by atoms with Gasteiger partial charge in [0.05, 0.1) is 36.1 Å². The molecule has 2 saturated heterocycles. The second-order valence-corrected chi connectivity index (χ2v) is 12.6. The molecule has 0 radical (unpaired) electrons. The smallest absolute Gasteiger partial charge is 0.407 e. The summed E-state index contributed by atoms with van der Waals surface area (Å²) in [6.45, 7) is 11.9. The Kier molecular flexibility index (Phi) is 9.66. The van der Waals surface area contributed by atoms with Crippen LogP contribution < -0.4 is 16.0 Å². The maximum absolute atomic E-state index is 12.6. The molecule has 0 aliphatic carbocycles. The number of halogens is 1. The van der Waals surface area contributed by atoms with Gasteiger partial charge in [-0.2, -0.15) is 0 Å². The third kappa shape index (κ3) is 7.09. The third-order valence-corrected chi connectivity index (χ3v) is 8.75. The van der Waals surface area contributed by atoms with E-state index in [-0.39, 0.29) is 36.8 Å². The summed E-state index contributed by atoms with van der Waals surface area (Å²) in [6, 6.07) is 1.66. The number of hydrogen-bond donors (Lipinski definition) is 2. The number of aryl methyl sites for hydroxylation is 1. The fourth-order valence-electron chi connectivity index (χ4n) is 5.12. The second kappa shape index (κ2) is 12.6. The minimum Gasteiger partial charge on any atom is -0.444 e. The van der Waals surface area contributed by atoms with Crippen LogP contribution in [-0.4, -0.2) is 72.4 Å². The Balaban J connectivity index is 1.53. The second-order valence-electron chi connectivity index (χ2n) is 11.2. The number of nitrogens with two attached hydrogens (primary N) is 1. The van der Waals surface area contributed by atoms with Crippen molar-refractivity contribution < 1.29 is 23.7 Å². The van der Waals surface area contributed by atoms with Crippen LogP contribution in [0.1, 0.15) is 51.9 Å². The van der Waals surface area contributed by atoms with Gasteiger partial charge in [0.2, 0.25) is 0 Å². The molecule has 2 aliphatic rings. The van der Waals surface area contributed by atoms with Crippen molar-refractivity contribution in [1.29, 1.82) is 0 Å². The molecular formula is C27H39ClN6O5S. The number of carbonyl (C=O) groups excluding carboxylic acids is 1. The largest absolute Gasteiger partial charge is 0.444 e. The zero-order valence-corrected chi connectivity index (χ0v) is 25.5. The Morgan fingerprint density at radius 1 is 1.32 bits per heavy atom. The molecule has 0 unspecified atom stereocenters. The minimum atomic E-state index is -0.569. The van der Waals surface area contributed by atoms with E-state index in [1.807, 2.05) is 34.6 Å². The number of alkyl carbamates (subject to hydrolysis) is 1. The number of aromatic nitrogens is 3.